The highest BCUT2D eigenvalue weighted by molar-refractivity contribution is 5.77. The first-order chi connectivity index (χ1) is 8.27. The summed E-state index contributed by atoms with van der Waals surface area (Å²) in [6, 6.07) is 9.01. The molecule has 0 aromatic heterocycles. The molecule has 0 aliphatic rings. The zero-order chi connectivity index (χ0) is 12.5. The zero-order valence-corrected chi connectivity index (χ0v) is 9.35. The molecule has 0 radical (unpaired) electrons. The van der Waals surface area contributed by atoms with Crippen molar-refractivity contribution in [1.82, 2.24) is 5.32 Å². The van der Waals surface area contributed by atoms with Crippen molar-refractivity contribution < 1.29 is 14.6 Å². The van der Waals surface area contributed by atoms with Crippen LogP contribution in [0.5, 0.6) is 5.75 Å². The molecule has 0 atom stereocenters. The van der Waals surface area contributed by atoms with Gasteiger partial charge in [-0.1, -0.05) is 18.2 Å². The number of nitrogens with one attached hydrogen (secondary N) is 1. The average Bonchev–Trinajstić information content (AvgIpc) is 2.35. The van der Waals surface area contributed by atoms with Crippen molar-refractivity contribution in [3.05, 3.63) is 29.8 Å². The topological polar surface area (TPSA) is 82.4 Å². The summed E-state index contributed by atoms with van der Waals surface area (Å²) in [4.78, 5) is 11.2. The Morgan fingerprint density at radius 3 is 2.94 bits per heavy atom. The summed E-state index contributed by atoms with van der Waals surface area (Å²) in [5.74, 6) is 0.235. The van der Waals surface area contributed by atoms with Crippen LogP contribution in [0, 0.1) is 11.3 Å². The van der Waals surface area contributed by atoms with Gasteiger partial charge in [0.05, 0.1) is 6.07 Å². The molecular formula is C12H14N2O3. The number of hydrogen-bond acceptors (Lipinski definition) is 4. The van der Waals surface area contributed by atoms with E-state index in [0.717, 1.165) is 5.56 Å². The van der Waals surface area contributed by atoms with Crippen LogP contribution in [0.4, 0.5) is 0 Å². The van der Waals surface area contributed by atoms with E-state index in [2.05, 4.69) is 5.32 Å². The molecule has 1 amide bonds. The summed E-state index contributed by atoms with van der Waals surface area (Å²) >= 11 is 0. The van der Waals surface area contributed by atoms with Crippen LogP contribution in [-0.4, -0.2) is 30.8 Å². The Hall–Kier alpha value is -2.06. The summed E-state index contributed by atoms with van der Waals surface area (Å²) in [5, 5.41) is 19.5. The molecule has 2 N–H and O–H groups in total. The summed E-state index contributed by atoms with van der Waals surface area (Å²) in [7, 11) is 0. The molecule has 0 saturated carbocycles. The van der Waals surface area contributed by atoms with Gasteiger partial charge in [0.1, 0.15) is 12.3 Å². The van der Waals surface area contributed by atoms with E-state index in [9.17, 15) is 4.79 Å². The number of para-hydroxylation sites is 1. The molecule has 0 unspecified atom stereocenters. The van der Waals surface area contributed by atoms with Gasteiger partial charge in [-0.15, -0.1) is 0 Å². The second-order valence-electron chi connectivity index (χ2n) is 3.30. The molecule has 0 spiro atoms. The van der Waals surface area contributed by atoms with Crippen molar-refractivity contribution in [3.63, 3.8) is 0 Å². The number of nitrogens with zero attached hydrogens (tertiary/aromatic N) is 1. The molecule has 5 heteroatoms. The third-order valence-corrected chi connectivity index (χ3v) is 2.08. The second kappa shape index (κ2) is 7.25. The molecular weight excluding hydrogens is 220 g/mol. The molecule has 0 heterocycles. The van der Waals surface area contributed by atoms with Gasteiger partial charge in [0, 0.05) is 6.61 Å². The molecule has 0 aliphatic heterocycles. The van der Waals surface area contributed by atoms with Gasteiger partial charge in [0.2, 0.25) is 0 Å². The Morgan fingerprint density at radius 2 is 2.24 bits per heavy atom. The SMILES string of the molecule is N#CCNC(=O)COc1ccccc1CCO. The van der Waals surface area contributed by atoms with Crippen LogP contribution >= 0.6 is 0 Å². The normalized spacial score (nSPS) is 9.41. The minimum absolute atomic E-state index is 0.0273. The Kier molecular flexibility index (Phi) is 5.55. The number of aliphatic hydroxyl groups is 1. The van der Waals surface area contributed by atoms with Crippen molar-refractivity contribution in [2.45, 2.75) is 6.42 Å². The molecule has 1 aromatic carbocycles. The minimum Gasteiger partial charge on any atom is -0.483 e. The molecule has 1 aromatic rings. The standard InChI is InChI=1S/C12H14N2O3/c13-6-7-14-12(16)9-17-11-4-2-1-3-10(11)5-8-15/h1-4,15H,5,7-9H2,(H,14,16). The lowest BCUT2D eigenvalue weighted by Gasteiger charge is -2.09. The van der Waals surface area contributed by atoms with Gasteiger partial charge >= 0.3 is 0 Å². The van der Waals surface area contributed by atoms with Gasteiger partial charge in [0.25, 0.3) is 5.91 Å². The van der Waals surface area contributed by atoms with Crippen LogP contribution in [0.2, 0.25) is 0 Å². The molecule has 5 nitrogen and oxygen atoms in total. The van der Waals surface area contributed by atoms with E-state index in [1.165, 1.54) is 0 Å². The van der Waals surface area contributed by atoms with Crippen LogP contribution < -0.4 is 10.1 Å². The molecule has 0 fully saturated rings. The number of carbonyl (C=O) groups is 1. The smallest absolute Gasteiger partial charge is 0.258 e. The second-order valence-corrected chi connectivity index (χ2v) is 3.30. The monoisotopic (exact) mass is 234 g/mol. The molecule has 0 bridgehead atoms. The summed E-state index contributed by atoms with van der Waals surface area (Å²) in [6.45, 7) is -0.133. The predicted molar refractivity (Wildman–Crippen MR) is 61.3 cm³/mol. The van der Waals surface area contributed by atoms with Crippen molar-refractivity contribution in [3.8, 4) is 11.8 Å². The van der Waals surface area contributed by atoms with Gasteiger partial charge < -0.3 is 15.2 Å². The van der Waals surface area contributed by atoms with Crippen LogP contribution in [-0.2, 0) is 11.2 Å². The zero-order valence-electron chi connectivity index (χ0n) is 9.35. The number of hydrogen-bond donors (Lipinski definition) is 2. The number of carbonyl (C=O) groups excluding carboxylic acids is 1. The van der Waals surface area contributed by atoms with Crippen molar-refractivity contribution >= 4 is 5.91 Å². The molecule has 17 heavy (non-hydrogen) atoms. The molecule has 0 saturated heterocycles. The minimum atomic E-state index is -0.342. The van der Waals surface area contributed by atoms with Crippen molar-refractivity contribution in [1.29, 1.82) is 5.26 Å². The Labute approximate surface area is 99.6 Å². The van der Waals surface area contributed by atoms with E-state index in [1.807, 2.05) is 18.2 Å². The van der Waals surface area contributed by atoms with E-state index >= 15 is 0 Å². The lowest BCUT2D eigenvalue weighted by atomic mass is 10.1. The predicted octanol–water partition coefficient (Wildman–Crippen LogP) is 0.240. The summed E-state index contributed by atoms with van der Waals surface area (Å²) < 4.78 is 5.32. The number of amides is 1. The Morgan fingerprint density at radius 1 is 1.47 bits per heavy atom. The first-order valence-corrected chi connectivity index (χ1v) is 5.23. The van der Waals surface area contributed by atoms with Gasteiger partial charge in [-0.2, -0.15) is 5.26 Å². The maximum atomic E-state index is 11.2. The number of ether oxygens (including phenoxy) is 1. The third kappa shape index (κ3) is 4.53. The maximum Gasteiger partial charge on any atom is 0.258 e. The number of aliphatic hydroxyl groups excluding tert-OH is 1. The number of rotatable bonds is 6. The summed E-state index contributed by atoms with van der Waals surface area (Å²) in [5.41, 5.74) is 0.850. The van der Waals surface area contributed by atoms with Gasteiger partial charge in [-0.25, -0.2) is 0 Å². The highest BCUT2D eigenvalue weighted by Gasteiger charge is 2.05. The Balaban J connectivity index is 2.51. The van der Waals surface area contributed by atoms with Crippen molar-refractivity contribution in [2.75, 3.05) is 19.8 Å². The quantitative estimate of drug-likeness (QED) is 0.691. The lowest BCUT2D eigenvalue weighted by Crippen LogP contribution is -2.29. The fourth-order valence-electron chi connectivity index (χ4n) is 1.30. The maximum absolute atomic E-state index is 11.2. The lowest BCUT2D eigenvalue weighted by molar-refractivity contribution is -0.122. The van der Waals surface area contributed by atoms with Crippen LogP contribution in [0.25, 0.3) is 0 Å². The van der Waals surface area contributed by atoms with E-state index < -0.39 is 0 Å². The van der Waals surface area contributed by atoms with E-state index in [4.69, 9.17) is 15.1 Å². The van der Waals surface area contributed by atoms with Crippen LogP contribution in [0.3, 0.4) is 0 Å². The highest BCUT2D eigenvalue weighted by atomic mass is 16.5. The van der Waals surface area contributed by atoms with Gasteiger partial charge in [0.15, 0.2) is 6.61 Å². The highest BCUT2D eigenvalue weighted by Crippen LogP contribution is 2.17. The molecule has 90 valence electrons. The fraction of sp³-hybridized carbons (Fsp3) is 0.333. The van der Waals surface area contributed by atoms with Gasteiger partial charge in [-0.3, -0.25) is 4.79 Å². The van der Waals surface area contributed by atoms with Crippen molar-refractivity contribution in [2.24, 2.45) is 0 Å². The summed E-state index contributed by atoms with van der Waals surface area (Å²) in [6.07, 6.45) is 0.482. The first-order valence-electron chi connectivity index (χ1n) is 5.23. The fourth-order valence-corrected chi connectivity index (χ4v) is 1.30. The Bertz CT molecular complexity index is 412. The van der Waals surface area contributed by atoms with E-state index in [-0.39, 0.29) is 25.7 Å². The average molecular weight is 234 g/mol. The van der Waals surface area contributed by atoms with E-state index in [1.54, 1.807) is 12.1 Å². The third-order valence-electron chi connectivity index (χ3n) is 2.08. The van der Waals surface area contributed by atoms with E-state index in [0.29, 0.717) is 12.2 Å². The number of nitriles is 1. The molecule has 1 rings (SSSR count). The largest absolute Gasteiger partial charge is 0.483 e. The first kappa shape index (κ1) is 13.0. The van der Waals surface area contributed by atoms with Crippen LogP contribution in [0.15, 0.2) is 24.3 Å². The van der Waals surface area contributed by atoms with Gasteiger partial charge in [-0.05, 0) is 18.1 Å². The number of benzene rings is 1. The van der Waals surface area contributed by atoms with Crippen LogP contribution in [0.1, 0.15) is 5.56 Å². The molecule has 0 aliphatic carbocycles.